The van der Waals surface area contributed by atoms with Gasteiger partial charge in [-0.05, 0) is 106 Å². The Morgan fingerprint density at radius 3 is 2.46 bits per heavy atom. The number of hydrogen-bond donors (Lipinski definition) is 0. The fraction of sp³-hybridized carbons (Fsp3) is 0.561. The Hall–Kier alpha value is -3.95. The predicted octanol–water partition coefficient (Wildman–Crippen LogP) is 5.03. The number of carbonyl (C=O) groups excluding carboxylic acids is 5. The summed E-state index contributed by atoms with van der Waals surface area (Å²) in [4.78, 5) is 73.7. The van der Waals surface area contributed by atoms with Crippen molar-refractivity contribution in [3.63, 3.8) is 0 Å². The third-order valence-corrected chi connectivity index (χ3v) is 12.3. The number of hydrogen-bond acceptors (Lipinski definition) is 13. The summed E-state index contributed by atoms with van der Waals surface area (Å²) in [5.41, 5.74) is -0.855. The summed E-state index contributed by atoms with van der Waals surface area (Å²) < 4.78 is 37.1. The third-order valence-electron chi connectivity index (χ3n) is 10.8. The maximum Gasteiger partial charge on any atom is 0.420 e. The summed E-state index contributed by atoms with van der Waals surface area (Å²) in [5.74, 6) is -2.54. The molecule has 0 amide bonds. The number of fused-ring (bicyclic) bond motifs is 2. The van der Waals surface area contributed by atoms with Gasteiger partial charge in [-0.1, -0.05) is 25.0 Å². The van der Waals surface area contributed by atoms with Gasteiger partial charge in [0.05, 0.1) is 30.5 Å². The second-order valence-corrected chi connectivity index (χ2v) is 16.5. The lowest BCUT2D eigenvalue weighted by Gasteiger charge is -2.47. The van der Waals surface area contributed by atoms with E-state index in [1.54, 1.807) is 20.8 Å². The molecule has 2 bridgehead atoms. The highest BCUT2D eigenvalue weighted by Gasteiger charge is 2.54. The van der Waals surface area contributed by atoms with Crippen molar-refractivity contribution in [1.29, 1.82) is 0 Å². The molecule has 302 valence electrons. The first-order valence-corrected chi connectivity index (χ1v) is 19.8. The van der Waals surface area contributed by atoms with Crippen molar-refractivity contribution in [3.05, 3.63) is 65.8 Å². The molecule has 3 aliphatic rings. The highest BCUT2D eigenvalue weighted by molar-refractivity contribution is 14.1. The van der Waals surface area contributed by atoms with Gasteiger partial charge in [0.15, 0.2) is 33.7 Å². The minimum Gasteiger partial charge on any atom is -0.455 e. The number of alkyl halides is 1. The van der Waals surface area contributed by atoms with Gasteiger partial charge in [0.1, 0.15) is 12.2 Å². The summed E-state index contributed by atoms with van der Waals surface area (Å²) in [7, 11) is 1.92. The van der Waals surface area contributed by atoms with E-state index in [0.29, 0.717) is 13.0 Å². The van der Waals surface area contributed by atoms with Crippen molar-refractivity contribution >= 4 is 52.2 Å². The number of imidazole rings is 1. The van der Waals surface area contributed by atoms with Crippen LogP contribution >= 0.6 is 22.6 Å². The van der Waals surface area contributed by atoms with Gasteiger partial charge in [-0.15, -0.1) is 6.42 Å². The number of terminal acetylenes is 1. The van der Waals surface area contributed by atoms with Crippen LogP contribution in [0, 0.1) is 30.1 Å². The average Bonchev–Trinajstić information content (AvgIpc) is 3.84. The number of Topliss-reactive ketones (excluding diaryl/α,β-unsaturated/α-hetero) is 2. The molecule has 56 heavy (non-hydrogen) atoms. The Morgan fingerprint density at radius 1 is 1.14 bits per heavy atom. The molecule has 1 aromatic heterocycles. The lowest BCUT2D eigenvalue weighted by Crippen LogP contribution is -2.60. The Bertz CT molecular complexity index is 1860. The predicted molar refractivity (Wildman–Crippen MR) is 210 cm³/mol. The number of benzene rings is 1. The van der Waals surface area contributed by atoms with Gasteiger partial charge < -0.3 is 28.4 Å². The summed E-state index contributed by atoms with van der Waals surface area (Å²) in [5, 5.41) is 0. The monoisotopic (exact) mass is 887 g/mol. The molecule has 0 unspecified atom stereocenters. The molecule has 14 nitrogen and oxygen atoms in total. The van der Waals surface area contributed by atoms with E-state index in [-0.39, 0.29) is 36.5 Å². The molecule has 2 saturated heterocycles. The smallest absolute Gasteiger partial charge is 0.420 e. The zero-order valence-corrected chi connectivity index (χ0v) is 35.1. The highest BCUT2D eigenvalue weighted by Crippen LogP contribution is 2.42. The number of nitrogens with zero attached hydrogens (tertiary/aromatic N) is 3. The van der Waals surface area contributed by atoms with Crippen molar-refractivity contribution < 1.29 is 52.4 Å². The summed E-state index contributed by atoms with van der Waals surface area (Å²) in [6.45, 7) is 11.7. The summed E-state index contributed by atoms with van der Waals surface area (Å²) in [6, 6.07) is 7.25. The number of ether oxygens (including phenoxy) is 6. The van der Waals surface area contributed by atoms with Crippen LogP contribution < -0.4 is 0 Å². The summed E-state index contributed by atoms with van der Waals surface area (Å²) in [6.07, 6.45) is 7.42. The Morgan fingerprint density at radius 2 is 1.84 bits per heavy atom. The molecule has 0 aliphatic carbocycles. The van der Waals surface area contributed by atoms with Gasteiger partial charge in [-0.3, -0.25) is 24.1 Å². The maximum atomic E-state index is 14.3. The van der Waals surface area contributed by atoms with E-state index in [1.807, 2.05) is 60.8 Å². The van der Waals surface area contributed by atoms with Crippen molar-refractivity contribution in [3.8, 4) is 12.3 Å². The Kier molecular flexibility index (Phi) is 13.6. The lowest BCUT2D eigenvalue weighted by atomic mass is 9.78. The van der Waals surface area contributed by atoms with Gasteiger partial charge in [0.2, 0.25) is 0 Å². The molecule has 0 radical (unpaired) electrons. The first-order chi connectivity index (χ1) is 26.3. The minimum absolute atomic E-state index is 0.00456. The minimum atomic E-state index is -1.63. The van der Waals surface area contributed by atoms with Crippen LogP contribution in [0.3, 0.4) is 0 Å². The molecule has 0 saturated carbocycles. The molecule has 15 heteroatoms. The molecular weight excluding hydrogens is 837 g/mol. The van der Waals surface area contributed by atoms with Gasteiger partial charge >= 0.3 is 18.0 Å². The molecule has 2 fully saturated rings. The zero-order chi connectivity index (χ0) is 41.1. The standard InChI is InChI=1S/C41H50IN3O11/c1-10-28-11-13-29(14-12-28)20-44(9)31-17-24(3)52-37(34(31)53-27(6)46)54-35-25(4)33(48)26(5)36(49)55-38(42)41(8,56-39(50)45-16-15-43-22-45)18-23(2)32(47)30-19-40(35,7)51-21-30/h1,11-16,18,22,24-26,30-31,34-35,37-38H,17,19-21H2,2-9H3/b23-18+/t24-,25+,26-,30+,31+,34+,35-,37+,38+,40-,41+/m1/s1. The first-order valence-electron chi connectivity index (χ1n) is 18.6. The van der Waals surface area contributed by atoms with Crippen LogP contribution in [-0.4, -0.2) is 104 Å². The highest BCUT2D eigenvalue weighted by atomic mass is 127. The topological polar surface area (TPSA) is 162 Å². The number of ketones is 2. The fourth-order valence-corrected chi connectivity index (χ4v) is 8.31. The number of allylic oxidation sites excluding steroid dienone is 1. The normalized spacial score (nSPS) is 35.1. The quantitative estimate of drug-likeness (QED) is 0.0911. The molecule has 1 aromatic carbocycles. The Balaban J connectivity index is 1.48. The average molecular weight is 888 g/mol. The van der Waals surface area contributed by atoms with Gasteiger partial charge in [-0.25, -0.2) is 14.3 Å². The second kappa shape index (κ2) is 17.7. The van der Waals surface area contributed by atoms with Crippen molar-refractivity contribution in [1.82, 2.24) is 14.5 Å². The summed E-state index contributed by atoms with van der Waals surface area (Å²) >= 11 is 1.82. The number of likely N-dealkylation sites (N-methyl/N-ethyl adjacent to an activating group) is 1. The second-order valence-electron chi connectivity index (χ2n) is 15.4. The van der Waals surface area contributed by atoms with Crippen LogP contribution in [-0.2, 0) is 54.1 Å². The molecule has 0 spiro atoms. The molecular formula is C41H50IN3O11. The third kappa shape index (κ3) is 9.59. The first kappa shape index (κ1) is 43.2. The van der Waals surface area contributed by atoms with E-state index >= 15 is 0 Å². The van der Waals surface area contributed by atoms with E-state index in [2.05, 4.69) is 15.8 Å². The van der Waals surface area contributed by atoms with Gasteiger partial charge in [-0.2, -0.15) is 0 Å². The van der Waals surface area contributed by atoms with Crippen molar-refractivity contribution in [2.45, 2.75) is 114 Å². The molecule has 3 aliphatic heterocycles. The lowest BCUT2D eigenvalue weighted by molar-refractivity contribution is -0.296. The number of carbonyl (C=O) groups is 5. The fourth-order valence-electron chi connectivity index (χ4n) is 7.75. The molecule has 11 atom stereocenters. The number of esters is 2. The van der Waals surface area contributed by atoms with Crippen molar-refractivity contribution in [2.24, 2.45) is 17.8 Å². The largest absolute Gasteiger partial charge is 0.455 e. The van der Waals surface area contributed by atoms with Crippen LogP contribution in [0.1, 0.15) is 72.4 Å². The number of aromatic nitrogens is 2. The molecule has 5 rings (SSSR count). The van der Waals surface area contributed by atoms with Gasteiger partial charge in [0.25, 0.3) is 0 Å². The van der Waals surface area contributed by atoms with Crippen LogP contribution in [0.4, 0.5) is 4.79 Å². The van der Waals surface area contributed by atoms with E-state index in [0.717, 1.165) is 15.7 Å². The number of halogens is 1. The SMILES string of the molecule is C#Cc1ccc(CN(C)[C@H]2C[C@@H](C)O[C@@H](O[C@@H]3[C@@H](C)C(=O)[C@@H](C)C(=O)O[C@H](I)[C@@](C)(OC(=O)n4ccnc4)/C=C(\C)C(=O)[C@@H]4CO[C@]3(C)C4)[C@H]2OC(C)=O)cc1. The zero-order valence-electron chi connectivity index (χ0n) is 32.9. The van der Waals surface area contributed by atoms with E-state index in [9.17, 15) is 24.0 Å². The van der Waals surface area contributed by atoms with Gasteiger partial charge in [0, 0.05) is 43.3 Å². The van der Waals surface area contributed by atoms with E-state index < -0.39 is 75.4 Å². The number of cyclic esters (lactones) is 1. The van der Waals surface area contributed by atoms with E-state index in [1.165, 1.54) is 45.6 Å². The molecule has 4 heterocycles. The van der Waals surface area contributed by atoms with Crippen LogP contribution in [0.15, 0.2) is 54.6 Å². The number of rotatable bonds is 7. The van der Waals surface area contributed by atoms with Crippen LogP contribution in [0.25, 0.3) is 0 Å². The Labute approximate surface area is 341 Å². The van der Waals surface area contributed by atoms with Crippen LogP contribution in [0.5, 0.6) is 0 Å². The van der Waals surface area contributed by atoms with Crippen molar-refractivity contribution in [2.75, 3.05) is 13.7 Å². The molecule has 2 aromatic rings. The van der Waals surface area contributed by atoms with Crippen LogP contribution in [0.2, 0.25) is 0 Å². The maximum absolute atomic E-state index is 14.3. The van der Waals surface area contributed by atoms with E-state index in [4.69, 9.17) is 34.8 Å². The molecule has 0 N–H and O–H groups in total.